The van der Waals surface area contributed by atoms with Gasteiger partial charge in [0.2, 0.25) is 0 Å². The zero-order chi connectivity index (χ0) is 15.2. The van der Waals surface area contributed by atoms with Gasteiger partial charge in [0, 0.05) is 11.4 Å². The molecular formula is C15H18ClN3OS. The van der Waals surface area contributed by atoms with Crippen LogP contribution in [-0.2, 0) is 0 Å². The Labute approximate surface area is 133 Å². The molecule has 0 aliphatic heterocycles. The van der Waals surface area contributed by atoms with E-state index in [2.05, 4.69) is 21.6 Å². The van der Waals surface area contributed by atoms with Crippen molar-refractivity contribution >= 4 is 34.7 Å². The van der Waals surface area contributed by atoms with Crippen LogP contribution in [-0.4, -0.2) is 31.6 Å². The second-order valence-electron chi connectivity index (χ2n) is 4.81. The van der Waals surface area contributed by atoms with Gasteiger partial charge in [0.1, 0.15) is 0 Å². The summed E-state index contributed by atoms with van der Waals surface area (Å²) in [5.74, 6) is 0. The Kier molecular flexibility index (Phi) is 5.61. The molecule has 2 rings (SSSR count). The number of carbonyl (C=O) groups is 1. The molecule has 1 unspecified atom stereocenters. The van der Waals surface area contributed by atoms with Gasteiger partial charge in [-0.15, -0.1) is 11.3 Å². The standard InChI is InChI=1S/C15H18ClN3OS/c1-19(2)13(14-8-5-9-21-14)10-17-15(20)18-12-7-4-3-6-11(12)16/h3-9,13H,10H2,1-2H3,(H2,17,18,20). The van der Waals surface area contributed by atoms with Crippen LogP contribution in [0.4, 0.5) is 10.5 Å². The number of hydrogen-bond donors (Lipinski definition) is 2. The summed E-state index contributed by atoms with van der Waals surface area (Å²) >= 11 is 7.70. The number of para-hydroxylation sites is 1. The first-order valence-corrected chi connectivity index (χ1v) is 7.83. The van der Waals surface area contributed by atoms with E-state index in [0.717, 1.165) is 0 Å². The molecule has 1 atom stereocenters. The summed E-state index contributed by atoms with van der Waals surface area (Å²) in [6.45, 7) is 0.532. The number of hydrogen-bond acceptors (Lipinski definition) is 3. The predicted molar refractivity (Wildman–Crippen MR) is 89.2 cm³/mol. The maximum Gasteiger partial charge on any atom is 0.319 e. The number of thiophene rings is 1. The summed E-state index contributed by atoms with van der Waals surface area (Å²) in [6, 6.07) is 11.1. The molecule has 0 aliphatic carbocycles. The molecule has 0 aliphatic rings. The summed E-state index contributed by atoms with van der Waals surface area (Å²) in [5.41, 5.74) is 0.606. The van der Waals surface area contributed by atoms with Crippen LogP contribution in [0.2, 0.25) is 5.02 Å². The molecule has 0 radical (unpaired) electrons. The van der Waals surface area contributed by atoms with Gasteiger partial charge >= 0.3 is 6.03 Å². The molecule has 0 bridgehead atoms. The van der Waals surface area contributed by atoms with E-state index in [1.54, 1.807) is 23.5 Å². The number of carbonyl (C=O) groups excluding carboxylic acids is 1. The quantitative estimate of drug-likeness (QED) is 0.878. The molecule has 0 saturated carbocycles. The van der Waals surface area contributed by atoms with Crippen LogP contribution in [0.25, 0.3) is 0 Å². The summed E-state index contributed by atoms with van der Waals surface area (Å²) in [7, 11) is 4.00. The van der Waals surface area contributed by atoms with Crippen LogP contribution >= 0.6 is 22.9 Å². The molecule has 21 heavy (non-hydrogen) atoms. The highest BCUT2D eigenvalue weighted by atomic mass is 35.5. The Morgan fingerprint density at radius 2 is 2.05 bits per heavy atom. The zero-order valence-corrected chi connectivity index (χ0v) is 13.5. The highest BCUT2D eigenvalue weighted by Crippen LogP contribution is 2.23. The Bertz CT molecular complexity index is 586. The first-order valence-electron chi connectivity index (χ1n) is 6.57. The lowest BCUT2D eigenvalue weighted by atomic mass is 10.2. The fraction of sp³-hybridized carbons (Fsp3) is 0.267. The minimum Gasteiger partial charge on any atom is -0.336 e. The lowest BCUT2D eigenvalue weighted by molar-refractivity contribution is 0.244. The normalized spacial score (nSPS) is 12.2. The number of benzene rings is 1. The van der Waals surface area contributed by atoms with Crippen molar-refractivity contribution in [2.24, 2.45) is 0 Å². The molecule has 0 fully saturated rings. The summed E-state index contributed by atoms with van der Waals surface area (Å²) in [5, 5.41) is 8.20. The smallest absolute Gasteiger partial charge is 0.319 e. The Morgan fingerprint density at radius 3 is 2.67 bits per heavy atom. The molecule has 2 aromatic rings. The highest BCUT2D eigenvalue weighted by Gasteiger charge is 2.16. The van der Waals surface area contributed by atoms with Gasteiger partial charge in [-0.3, -0.25) is 0 Å². The van der Waals surface area contributed by atoms with Crippen molar-refractivity contribution in [3.8, 4) is 0 Å². The van der Waals surface area contributed by atoms with Gasteiger partial charge in [-0.25, -0.2) is 4.79 Å². The molecule has 2 amide bonds. The SMILES string of the molecule is CN(C)C(CNC(=O)Nc1ccccc1Cl)c1cccs1. The minimum absolute atomic E-state index is 0.155. The summed E-state index contributed by atoms with van der Waals surface area (Å²) in [4.78, 5) is 15.3. The number of amides is 2. The molecule has 1 aromatic heterocycles. The van der Waals surface area contributed by atoms with Gasteiger partial charge < -0.3 is 15.5 Å². The summed E-state index contributed by atoms with van der Waals surface area (Å²) in [6.07, 6.45) is 0. The third-order valence-corrected chi connectivity index (χ3v) is 4.38. The van der Waals surface area contributed by atoms with Crippen molar-refractivity contribution in [2.45, 2.75) is 6.04 Å². The van der Waals surface area contributed by atoms with Gasteiger partial charge in [-0.1, -0.05) is 29.8 Å². The van der Waals surface area contributed by atoms with Crippen molar-refractivity contribution in [3.63, 3.8) is 0 Å². The lowest BCUT2D eigenvalue weighted by Crippen LogP contribution is -2.36. The van der Waals surface area contributed by atoms with Gasteiger partial charge in [0.05, 0.1) is 16.8 Å². The fourth-order valence-corrected chi connectivity index (χ4v) is 3.04. The van der Waals surface area contributed by atoms with Crippen LogP contribution in [0.5, 0.6) is 0 Å². The molecule has 0 spiro atoms. The Balaban J connectivity index is 1.92. The van der Waals surface area contributed by atoms with E-state index < -0.39 is 0 Å². The number of rotatable bonds is 5. The molecule has 1 aromatic carbocycles. The van der Waals surface area contributed by atoms with E-state index in [0.29, 0.717) is 17.3 Å². The molecule has 2 N–H and O–H groups in total. The van der Waals surface area contributed by atoms with Crippen LogP contribution in [0.15, 0.2) is 41.8 Å². The van der Waals surface area contributed by atoms with E-state index in [1.807, 2.05) is 37.7 Å². The first-order chi connectivity index (χ1) is 10.1. The molecule has 0 saturated heterocycles. The van der Waals surface area contributed by atoms with E-state index >= 15 is 0 Å². The molecule has 4 nitrogen and oxygen atoms in total. The maximum atomic E-state index is 12.0. The largest absolute Gasteiger partial charge is 0.336 e. The molecule has 112 valence electrons. The van der Waals surface area contributed by atoms with Gasteiger partial charge in [-0.2, -0.15) is 0 Å². The second kappa shape index (κ2) is 7.45. The Hall–Kier alpha value is -1.56. The van der Waals surface area contributed by atoms with Crippen LogP contribution in [0, 0.1) is 0 Å². The average Bonchev–Trinajstić information content (AvgIpc) is 2.95. The summed E-state index contributed by atoms with van der Waals surface area (Å²) < 4.78 is 0. The Morgan fingerprint density at radius 1 is 1.29 bits per heavy atom. The average molecular weight is 324 g/mol. The molecular weight excluding hydrogens is 306 g/mol. The van der Waals surface area contributed by atoms with Crippen LogP contribution < -0.4 is 10.6 Å². The third kappa shape index (κ3) is 4.46. The fourth-order valence-electron chi connectivity index (χ4n) is 1.94. The number of nitrogens with zero attached hydrogens (tertiary/aromatic N) is 1. The van der Waals surface area contributed by atoms with Crippen LogP contribution in [0.1, 0.15) is 10.9 Å². The van der Waals surface area contributed by atoms with Crippen molar-refractivity contribution in [2.75, 3.05) is 26.0 Å². The third-order valence-electron chi connectivity index (χ3n) is 3.07. The van der Waals surface area contributed by atoms with Crippen molar-refractivity contribution in [1.29, 1.82) is 0 Å². The van der Waals surface area contributed by atoms with Crippen molar-refractivity contribution in [3.05, 3.63) is 51.7 Å². The van der Waals surface area contributed by atoms with Gasteiger partial charge in [0.15, 0.2) is 0 Å². The molecule has 6 heteroatoms. The number of anilines is 1. The number of urea groups is 1. The van der Waals surface area contributed by atoms with Gasteiger partial charge in [-0.05, 0) is 37.7 Å². The second-order valence-corrected chi connectivity index (χ2v) is 6.20. The van der Waals surface area contributed by atoms with Gasteiger partial charge in [0.25, 0.3) is 0 Å². The first kappa shape index (κ1) is 15.8. The predicted octanol–water partition coefficient (Wildman–Crippen LogP) is 3.83. The van der Waals surface area contributed by atoms with Crippen molar-refractivity contribution in [1.82, 2.24) is 10.2 Å². The number of nitrogens with one attached hydrogen (secondary N) is 2. The monoisotopic (exact) mass is 323 g/mol. The zero-order valence-electron chi connectivity index (χ0n) is 12.0. The minimum atomic E-state index is -0.258. The van der Waals surface area contributed by atoms with E-state index in [-0.39, 0.29) is 12.1 Å². The van der Waals surface area contributed by atoms with Crippen molar-refractivity contribution < 1.29 is 4.79 Å². The number of halogens is 1. The highest BCUT2D eigenvalue weighted by molar-refractivity contribution is 7.10. The van der Waals surface area contributed by atoms with E-state index in [9.17, 15) is 4.79 Å². The topological polar surface area (TPSA) is 44.4 Å². The molecule has 1 heterocycles. The van der Waals surface area contributed by atoms with E-state index in [4.69, 9.17) is 11.6 Å². The van der Waals surface area contributed by atoms with Crippen LogP contribution in [0.3, 0.4) is 0 Å². The van der Waals surface area contributed by atoms with E-state index in [1.165, 1.54) is 4.88 Å². The maximum absolute atomic E-state index is 12.0. The number of likely N-dealkylation sites (N-methyl/N-ethyl adjacent to an activating group) is 1. The lowest BCUT2D eigenvalue weighted by Gasteiger charge is -2.23.